The number of rotatable bonds is 2. The van der Waals surface area contributed by atoms with Gasteiger partial charge in [0.25, 0.3) is 0 Å². The molecule has 1 aliphatic rings. The number of nitrogens with two attached hydrogens (primary N) is 1. The topological polar surface area (TPSA) is 38.5 Å². The smallest absolute Gasteiger partial charge is 0.0642 e. The number of nitrogen functional groups attached to an aromatic ring is 1. The van der Waals surface area contributed by atoms with Crippen LogP contribution >= 0.6 is 11.8 Å². The second kappa shape index (κ2) is 4.77. The summed E-state index contributed by atoms with van der Waals surface area (Å²) in [7, 11) is 0. The van der Waals surface area contributed by atoms with E-state index in [0.29, 0.717) is 0 Å². The molecule has 0 unspecified atom stereocenters. The summed E-state index contributed by atoms with van der Waals surface area (Å²) < 4.78 is 5.33. The highest BCUT2D eigenvalue weighted by Gasteiger charge is 2.11. The van der Waals surface area contributed by atoms with Crippen molar-refractivity contribution in [2.24, 2.45) is 0 Å². The van der Waals surface area contributed by atoms with Crippen molar-refractivity contribution in [2.45, 2.75) is 4.90 Å². The third-order valence-corrected chi connectivity index (χ3v) is 3.39. The van der Waals surface area contributed by atoms with Crippen molar-refractivity contribution in [1.82, 2.24) is 0 Å². The Bertz CT molecular complexity index is 337. The van der Waals surface area contributed by atoms with Gasteiger partial charge in [0.2, 0.25) is 0 Å². The SMILES string of the molecule is CSc1cc(N2CCOCC2)ccc1N. The molecule has 0 aromatic heterocycles. The predicted molar refractivity (Wildman–Crippen MR) is 65.7 cm³/mol. The summed E-state index contributed by atoms with van der Waals surface area (Å²) in [5, 5.41) is 0. The van der Waals surface area contributed by atoms with Crippen molar-refractivity contribution < 1.29 is 4.74 Å². The summed E-state index contributed by atoms with van der Waals surface area (Å²) in [4.78, 5) is 3.49. The van der Waals surface area contributed by atoms with Gasteiger partial charge in [0.15, 0.2) is 0 Å². The molecule has 82 valence electrons. The van der Waals surface area contributed by atoms with E-state index in [-0.39, 0.29) is 0 Å². The summed E-state index contributed by atoms with van der Waals surface area (Å²) in [6.45, 7) is 3.58. The largest absolute Gasteiger partial charge is 0.398 e. The molecule has 2 N–H and O–H groups in total. The third-order valence-electron chi connectivity index (χ3n) is 2.59. The van der Waals surface area contributed by atoms with Crippen LogP contribution in [0.1, 0.15) is 0 Å². The van der Waals surface area contributed by atoms with Crippen molar-refractivity contribution in [2.75, 3.05) is 43.2 Å². The highest BCUT2D eigenvalue weighted by Crippen LogP contribution is 2.28. The molecule has 15 heavy (non-hydrogen) atoms. The van der Waals surface area contributed by atoms with Gasteiger partial charge >= 0.3 is 0 Å². The number of ether oxygens (including phenoxy) is 1. The van der Waals surface area contributed by atoms with Gasteiger partial charge in [-0.1, -0.05) is 0 Å². The van der Waals surface area contributed by atoms with Crippen LogP contribution in [-0.2, 0) is 4.74 Å². The van der Waals surface area contributed by atoms with E-state index in [1.165, 1.54) is 5.69 Å². The lowest BCUT2D eigenvalue weighted by atomic mass is 10.2. The monoisotopic (exact) mass is 224 g/mol. The molecule has 1 aromatic rings. The van der Waals surface area contributed by atoms with Gasteiger partial charge in [-0.3, -0.25) is 0 Å². The molecular formula is C11H16N2OS. The molecule has 0 atom stereocenters. The Hall–Kier alpha value is -0.870. The predicted octanol–water partition coefficient (Wildman–Crippen LogP) is 1.83. The van der Waals surface area contributed by atoms with Crippen LogP contribution in [0.4, 0.5) is 11.4 Å². The number of hydrogen-bond acceptors (Lipinski definition) is 4. The molecule has 1 fully saturated rings. The zero-order chi connectivity index (χ0) is 10.7. The average Bonchev–Trinajstić information content (AvgIpc) is 2.31. The van der Waals surface area contributed by atoms with Gasteiger partial charge in [-0.2, -0.15) is 0 Å². The van der Waals surface area contributed by atoms with Crippen molar-refractivity contribution in [3.8, 4) is 0 Å². The van der Waals surface area contributed by atoms with Gasteiger partial charge in [-0.25, -0.2) is 0 Å². The van der Waals surface area contributed by atoms with Gasteiger partial charge < -0.3 is 15.4 Å². The van der Waals surface area contributed by atoms with Crippen LogP contribution in [-0.4, -0.2) is 32.6 Å². The second-order valence-electron chi connectivity index (χ2n) is 3.53. The zero-order valence-corrected chi connectivity index (χ0v) is 9.72. The molecule has 0 radical (unpaired) electrons. The first-order chi connectivity index (χ1) is 7.31. The van der Waals surface area contributed by atoms with Gasteiger partial charge in [0.05, 0.1) is 13.2 Å². The first kappa shape index (κ1) is 10.6. The minimum atomic E-state index is 0.818. The molecule has 0 aliphatic carbocycles. The van der Waals surface area contributed by atoms with E-state index in [2.05, 4.69) is 23.3 Å². The standard InChI is InChI=1S/C11H16N2OS/c1-15-11-8-9(2-3-10(11)12)13-4-6-14-7-5-13/h2-3,8H,4-7,12H2,1H3. The van der Waals surface area contributed by atoms with Crippen molar-refractivity contribution in [1.29, 1.82) is 0 Å². The minimum absolute atomic E-state index is 0.818. The highest BCUT2D eigenvalue weighted by atomic mass is 32.2. The number of anilines is 2. The fourth-order valence-electron chi connectivity index (χ4n) is 1.72. The van der Waals surface area contributed by atoms with Crippen LogP contribution in [0.15, 0.2) is 23.1 Å². The van der Waals surface area contributed by atoms with Crippen LogP contribution < -0.4 is 10.6 Å². The molecule has 1 saturated heterocycles. The maximum atomic E-state index is 5.87. The van der Waals surface area contributed by atoms with E-state index in [1.54, 1.807) is 11.8 Å². The first-order valence-electron chi connectivity index (χ1n) is 5.07. The Labute approximate surface area is 94.6 Å². The van der Waals surface area contributed by atoms with Gasteiger partial charge in [0.1, 0.15) is 0 Å². The molecule has 1 aliphatic heterocycles. The molecule has 0 spiro atoms. The Morgan fingerprint density at radius 2 is 2.07 bits per heavy atom. The Morgan fingerprint density at radius 3 is 2.73 bits per heavy atom. The van der Waals surface area contributed by atoms with E-state index < -0.39 is 0 Å². The van der Waals surface area contributed by atoms with Crippen molar-refractivity contribution in [3.63, 3.8) is 0 Å². The lowest BCUT2D eigenvalue weighted by molar-refractivity contribution is 0.122. The van der Waals surface area contributed by atoms with Gasteiger partial charge in [-0.05, 0) is 24.5 Å². The van der Waals surface area contributed by atoms with Crippen LogP contribution in [0.5, 0.6) is 0 Å². The number of thioether (sulfide) groups is 1. The van der Waals surface area contributed by atoms with Crippen molar-refractivity contribution in [3.05, 3.63) is 18.2 Å². The zero-order valence-electron chi connectivity index (χ0n) is 8.90. The molecule has 4 heteroatoms. The Balaban J connectivity index is 2.20. The molecule has 2 rings (SSSR count). The quantitative estimate of drug-likeness (QED) is 0.614. The molecule has 1 aromatic carbocycles. The maximum absolute atomic E-state index is 5.87. The Kier molecular flexibility index (Phi) is 3.38. The van der Waals surface area contributed by atoms with Crippen LogP contribution in [0.3, 0.4) is 0 Å². The van der Waals surface area contributed by atoms with Crippen LogP contribution in [0, 0.1) is 0 Å². The van der Waals surface area contributed by atoms with E-state index in [0.717, 1.165) is 36.9 Å². The van der Waals surface area contributed by atoms with E-state index >= 15 is 0 Å². The fraction of sp³-hybridized carbons (Fsp3) is 0.455. The molecule has 0 amide bonds. The number of hydrogen-bond donors (Lipinski definition) is 1. The van der Waals surface area contributed by atoms with E-state index in [9.17, 15) is 0 Å². The summed E-state index contributed by atoms with van der Waals surface area (Å²) in [5.74, 6) is 0. The molecule has 3 nitrogen and oxygen atoms in total. The average molecular weight is 224 g/mol. The summed E-state index contributed by atoms with van der Waals surface area (Å²) in [6.07, 6.45) is 2.05. The number of morpholine rings is 1. The molecule has 0 bridgehead atoms. The maximum Gasteiger partial charge on any atom is 0.0642 e. The molecule has 1 heterocycles. The lowest BCUT2D eigenvalue weighted by Gasteiger charge is -2.29. The molecular weight excluding hydrogens is 208 g/mol. The molecule has 0 saturated carbocycles. The third kappa shape index (κ3) is 2.38. The van der Waals surface area contributed by atoms with E-state index in [4.69, 9.17) is 10.5 Å². The highest BCUT2D eigenvalue weighted by molar-refractivity contribution is 7.98. The second-order valence-corrected chi connectivity index (χ2v) is 4.37. The normalized spacial score (nSPS) is 16.7. The number of nitrogens with zero attached hydrogens (tertiary/aromatic N) is 1. The summed E-state index contributed by atoms with van der Waals surface area (Å²) >= 11 is 1.69. The minimum Gasteiger partial charge on any atom is -0.398 e. The van der Waals surface area contributed by atoms with Crippen molar-refractivity contribution >= 4 is 23.1 Å². The van der Waals surface area contributed by atoms with Crippen LogP contribution in [0.2, 0.25) is 0 Å². The lowest BCUT2D eigenvalue weighted by Crippen LogP contribution is -2.36. The Morgan fingerprint density at radius 1 is 1.33 bits per heavy atom. The van der Waals surface area contributed by atoms with Gasteiger partial charge in [-0.15, -0.1) is 11.8 Å². The number of benzene rings is 1. The van der Waals surface area contributed by atoms with Crippen LogP contribution in [0.25, 0.3) is 0 Å². The summed E-state index contributed by atoms with van der Waals surface area (Å²) in [6, 6.07) is 6.22. The van der Waals surface area contributed by atoms with Gasteiger partial charge in [0, 0.05) is 29.4 Å². The fourth-order valence-corrected chi connectivity index (χ4v) is 2.26. The first-order valence-corrected chi connectivity index (χ1v) is 6.30. The van der Waals surface area contributed by atoms with E-state index in [1.807, 2.05) is 6.07 Å². The summed E-state index contributed by atoms with van der Waals surface area (Å²) in [5.41, 5.74) is 7.97.